The molecule has 0 aromatic heterocycles. The highest BCUT2D eigenvalue weighted by Crippen LogP contribution is 2.32. The minimum absolute atomic E-state index is 0.00254. The fourth-order valence-electron chi connectivity index (χ4n) is 5.00. The van der Waals surface area contributed by atoms with Gasteiger partial charge in [0.1, 0.15) is 0 Å². The minimum atomic E-state index is -4.44. The number of amides is 1. The number of benzene rings is 2. The largest absolute Gasteiger partial charge is 0.493 e. The van der Waals surface area contributed by atoms with E-state index < -0.39 is 23.8 Å². The number of rotatable bonds is 18. The molecule has 2 N–H and O–H groups in total. The number of hydrogen-bond acceptors (Lipinski definition) is 5. The van der Waals surface area contributed by atoms with E-state index in [9.17, 15) is 23.1 Å². The van der Waals surface area contributed by atoms with Gasteiger partial charge in [0.15, 0.2) is 11.5 Å². The Bertz CT molecular complexity index is 1090. The Labute approximate surface area is 248 Å². The summed E-state index contributed by atoms with van der Waals surface area (Å²) in [5.74, 6) is 1.30. The summed E-state index contributed by atoms with van der Waals surface area (Å²) < 4.78 is 55.6. The first-order valence-corrected chi connectivity index (χ1v) is 14.8. The number of methoxy groups -OCH3 is 2. The van der Waals surface area contributed by atoms with Crippen LogP contribution in [-0.4, -0.2) is 44.6 Å². The number of aliphatic hydroxyl groups is 1. The number of halogens is 3. The van der Waals surface area contributed by atoms with Gasteiger partial charge in [-0.25, -0.2) is 0 Å². The number of aliphatic hydroxyl groups excluding tert-OH is 1. The van der Waals surface area contributed by atoms with Gasteiger partial charge in [0.2, 0.25) is 5.91 Å². The van der Waals surface area contributed by atoms with Crippen molar-refractivity contribution >= 4 is 5.91 Å². The maximum Gasteiger partial charge on any atom is 0.416 e. The lowest BCUT2D eigenvalue weighted by atomic mass is 9.82. The molecule has 0 aliphatic heterocycles. The van der Waals surface area contributed by atoms with Gasteiger partial charge in [-0.2, -0.15) is 13.2 Å². The predicted octanol–water partition coefficient (Wildman–Crippen LogP) is 7.06. The Morgan fingerprint density at radius 2 is 1.67 bits per heavy atom. The molecule has 2 unspecified atom stereocenters. The van der Waals surface area contributed by atoms with Crippen LogP contribution < -0.4 is 14.8 Å². The Balaban J connectivity index is 1.96. The number of alkyl halides is 3. The van der Waals surface area contributed by atoms with Crippen LogP contribution in [0.1, 0.15) is 70.1 Å². The van der Waals surface area contributed by atoms with E-state index in [1.54, 1.807) is 20.3 Å². The van der Waals surface area contributed by atoms with Crippen LogP contribution in [0.4, 0.5) is 13.2 Å². The van der Waals surface area contributed by atoms with Gasteiger partial charge in [0.05, 0.1) is 25.4 Å². The molecule has 0 heterocycles. The molecule has 0 aliphatic carbocycles. The zero-order valence-electron chi connectivity index (χ0n) is 25.8. The molecule has 0 saturated heterocycles. The molecule has 0 saturated carbocycles. The van der Waals surface area contributed by atoms with E-state index >= 15 is 0 Å². The van der Waals surface area contributed by atoms with Gasteiger partial charge in [0, 0.05) is 32.6 Å². The Hall–Kier alpha value is -2.78. The van der Waals surface area contributed by atoms with Crippen molar-refractivity contribution in [2.24, 2.45) is 23.7 Å². The standard InChI is InChI=1S/C33H48F3NO5/c1-22(2)26(17-24-11-14-30(41-6)31(19-24)42-16-8-15-40-5)12-13-28(38)20-29(23(3)4)32(39)37-21-25-9-7-10-27(18-25)33(34,35)36/h7,9-11,14,18-19,22-23,26,28-29,38H,8,12-13,15-17,20-21H2,1-6H3,(H,37,39)/t26?,28-,29?/m1/s1. The van der Waals surface area contributed by atoms with Crippen LogP contribution in [0, 0.1) is 23.7 Å². The molecule has 236 valence electrons. The Morgan fingerprint density at radius 1 is 0.929 bits per heavy atom. The summed E-state index contributed by atoms with van der Waals surface area (Å²) in [6, 6.07) is 10.9. The molecule has 6 nitrogen and oxygen atoms in total. The van der Waals surface area contributed by atoms with Crippen molar-refractivity contribution in [2.45, 2.75) is 78.6 Å². The van der Waals surface area contributed by atoms with Gasteiger partial charge in [-0.05, 0) is 78.8 Å². The van der Waals surface area contributed by atoms with Crippen molar-refractivity contribution in [1.82, 2.24) is 5.32 Å². The monoisotopic (exact) mass is 595 g/mol. The molecular formula is C33H48F3NO5. The summed E-state index contributed by atoms with van der Waals surface area (Å²) in [5.41, 5.74) is 0.757. The van der Waals surface area contributed by atoms with Gasteiger partial charge < -0.3 is 24.6 Å². The molecule has 9 heteroatoms. The molecule has 3 atom stereocenters. The van der Waals surface area contributed by atoms with Gasteiger partial charge >= 0.3 is 6.18 Å². The molecular weight excluding hydrogens is 547 g/mol. The topological polar surface area (TPSA) is 77.0 Å². The zero-order chi connectivity index (χ0) is 31.3. The first-order chi connectivity index (χ1) is 19.8. The summed E-state index contributed by atoms with van der Waals surface area (Å²) in [4.78, 5) is 13.0. The summed E-state index contributed by atoms with van der Waals surface area (Å²) in [7, 11) is 3.28. The van der Waals surface area contributed by atoms with Crippen molar-refractivity contribution < 1.29 is 37.3 Å². The summed E-state index contributed by atoms with van der Waals surface area (Å²) >= 11 is 0. The molecule has 2 aromatic carbocycles. The Kier molecular flexibility index (Phi) is 14.6. The lowest BCUT2D eigenvalue weighted by Gasteiger charge is -2.26. The van der Waals surface area contributed by atoms with Crippen LogP contribution >= 0.6 is 0 Å². The number of carbonyl (C=O) groups is 1. The van der Waals surface area contributed by atoms with Crippen LogP contribution in [0.2, 0.25) is 0 Å². The maximum atomic E-state index is 13.0. The second-order valence-corrected chi connectivity index (χ2v) is 11.6. The van der Waals surface area contributed by atoms with Gasteiger partial charge in [-0.3, -0.25) is 4.79 Å². The molecule has 2 aromatic rings. The molecule has 0 fully saturated rings. The maximum absolute atomic E-state index is 13.0. The molecule has 42 heavy (non-hydrogen) atoms. The molecule has 2 rings (SSSR count). The lowest BCUT2D eigenvalue weighted by Crippen LogP contribution is -2.35. The number of ether oxygens (including phenoxy) is 3. The minimum Gasteiger partial charge on any atom is -0.493 e. The second kappa shape index (κ2) is 17.4. The van der Waals surface area contributed by atoms with E-state index in [1.165, 1.54) is 6.07 Å². The average Bonchev–Trinajstić information content (AvgIpc) is 2.94. The van der Waals surface area contributed by atoms with Crippen molar-refractivity contribution in [3.05, 3.63) is 59.2 Å². The van der Waals surface area contributed by atoms with Crippen LogP contribution in [0.15, 0.2) is 42.5 Å². The fraction of sp³-hybridized carbons (Fsp3) is 0.606. The molecule has 0 spiro atoms. The van der Waals surface area contributed by atoms with E-state index in [4.69, 9.17) is 14.2 Å². The van der Waals surface area contributed by atoms with Gasteiger partial charge in [-0.1, -0.05) is 45.9 Å². The SMILES string of the molecule is COCCCOc1cc(CC(CC[C@@H](O)CC(C(=O)NCc2cccc(C(F)(F)F)c2)C(C)C)C(C)C)ccc1OC. The third-order valence-corrected chi connectivity index (χ3v) is 7.68. The smallest absolute Gasteiger partial charge is 0.416 e. The van der Waals surface area contributed by atoms with Crippen LogP contribution in [-0.2, 0) is 28.7 Å². The summed E-state index contributed by atoms with van der Waals surface area (Å²) in [6.45, 7) is 9.31. The van der Waals surface area contributed by atoms with Crippen molar-refractivity contribution in [3.63, 3.8) is 0 Å². The molecule has 0 bridgehead atoms. The van der Waals surface area contributed by atoms with E-state index in [-0.39, 0.29) is 18.4 Å². The average molecular weight is 596 g/mol. The van der Waals surface area contributed by atoms with Crippen LogP contribution in [0.5, 0.6) is 11.5 Å². The number of carbonyl (C=O) groups excluding carboxylic acids is 1. The summed E-state index contributed by atoms with van der Waals surface area (Å²) in [6.07, 6.45) is -1.90. The first kappa shape index (κ1) is 35.4. The van der Waals surface area contributed by atoms with Crippen molar-refractivity contribution in [3.8, 4) is 11.5 Å². The number of hydrogen-bond donors (Lipinski definition) is 2. The first-order valence-electron chi connectivity index (χ1n) is 14.8. The fourth-order valence-corrected chi connectivity index (χ4v) is 5.00. The van der Waals surface area contributed by atoms with Gasteiger partial charge in [0.25, 0.3) is 0 Å². The normalized spacial score (nSPS) is 14.1. The number of nitrogens with one attached hydrogen (secondary N) is 1. The van der Waals surface area contributed by atoms with E-state index in [1.807, 2.05) is 32.0 Å². The molecule has 0 aliphatic rings. The lowest BCUT2D eigenvalue weighted by molar-refractivity contribution is -0.137. The summed E-state index contributed by atoms with van der Waals surface area (Å²) in [5, 5.41) is 13.7. The van der Waals surface area contributed by atoms with E-state index in [0.29, 0.717) is 55.0 Å². The van der Waals surface area contributed by atoms with Crippen LogP contribution in [0.3, 0.4) is 0 Å². The highest BCUT2D eigenvalue weighted by Gasteiger charge is 2.31. The second-order valence-electron chi connectivity index (χ2n) is 11.6. The van der Waals surface area contributed by atoms with Crippen molar-refractivity contribution in [2.75, 3.05) is 27.4 Å². The predicted molar refractivity (Wildman–Crippen MR) is 158 cm³/mol. The third kappa shape index (κ3) is 11.8. The van der Waals surface area contributed by atoms with Crippen molar-refractivity contribution in [1.29, 1.82) is 0 Å². The van der Waals surface area contributed by atoms with E-state index in [0.717, 1.165) is 37.0 Å². The quantitative estimate of drug-likeness (QED) is 0.180. The third-order valence-electron chi connectivity index (χ3n) is 7.68. The highest BCUT2D eigenvalue weighted by molar-refractivity contribution is 5.78. The van der Waals surface area contributed by atoms with Crippen LogP contribution in [0.25, 0.3) is 0 Å². The zero-order valence-corrected chi connectivity index (χ0v) is 25.8. The highest BCUT2D eigenvalue weighted by atomic mass is 19.4. The van der Waals surface area contributed by atoms with E-state index in [2.05, 4.69) is 19.2 Å². The molecule has 1 amide bonds. The Morgan fingerprint density at radius 3 is 2.29 bits per heavy atom. The van der Waals surface area contributed by atoms with Gasteiger partial charge in [-0.15, -0.1) is 0 Å². The molecule has 0 radical (unpaired) electrons.